The number of hydrogen-bond acceptors (Lipinski definition) is 5. The van der Waals surface area contributed by atoms with Crippen molar-refractivity contribution >= 4 is 17.8 Å². The lowest BCUT2D eigenvalue weighted by molar-refractivity contribution is -0.384. The van der Waals surface area contributed by atoms with Gasteiger partial charge in [-0.15, -0.1) is 0 Å². The van der Waals surface area contributed by atoms with Crippen molar-refractivity contribution in [1.29, 1.82) is 0 Å². The van der Waals surface area contributed by atoms with Crippen LogP contribution in [0.5, 0.6) is 0 Å². The summed E-state index contributed by atoms with van der Waals surface area (Å²) in [6.45, 7) is 1.79. The van der Waals surface area contributed by atoms with Crippen LogP contribution in [-0.4, -0.2) is 17.0 Å². The third-order valence-corrected chi connectivity index (χ3v) is 2.45. The van der Waals surface area contributed by atoms with Crippen molar-refractivity contribution in [2.75, 3.05) is 0 Å². The molecule has 0 saturated heterocycles. The number of nitrogens with one attached hydrogen (secondary N) is 1. The number of hydrogen-bond donors (Lipinski definition) is 1. The van der Waals surface area contributed by atoms with Gasteiger partial charge in [0, 0.05) is 23.3 Å². The van der Waals surface area contributed by atoms with Gasteiger partial charge < -0.3 is 4.42 Å². The van der Waals surface area contributed by atoms with Gasteiger partial charge in [0.05, 0.1) is 17.4 Å². The molecule has 7 heteroatoms. The molecule has 7 nitrogen and oxygen atoms in total. The second-order valence-corrected chi connectivity index (χ2v) is 4.00. The van der Waals surface area contributed by atoms with E-state index in [4.69, 9.17) is 4.42 Å². The minimum atomic E-state index is -0.561. The molecule has 0 unspecified atom stereocenters. The number of benzene rings is 1. The first-order valence-corrected chi connectivity index (χ1v) is 5.69. The number of non-ortho nitro benzene ring substituents is 1. The van der Waals surface area contributed by atoms with Gasteiger partial charge in [-0.25, -0.2) is 5.43 Å². The average molecular weight is 273 g/mol. The molecule has 1 heterocycles. The number of hydrazone groups is 1. The first kappa shape index (κ1) is 13.5. The van der Waals surface area contributed by atoms with E-state index in [9.17, 15) is 14.9 Å². The zero-order valence-electron chi connectivity index (χ0n) is 10.6. The Kier molecular flexibility index (Phi) is 3.90. The standard InChI is InChI=1S/C13H11N3O4/c1-9-5-10(8-20-9)7-14-15-13(17)11-3-2-4-12(6-11)16(18)19/h2-8H,1H3,(H,15,17)/b14-7-. The molecule has 2 rings (SSSR count). The molecule has 0 aliphatic rings. The number of carbonyl (C=O) groups is 1. The summed E-state index contributed by atoms with van der Waals surface area (Å²) in [6.07, 6.45) is 2.92. The summed E-state index contributed by atoms with van der Waals surface area (Å²) >= 11 is 0. The van der Waals surface area contributed by atoms with E-state index in [0.717, 1.165) is 5.76 Å². The summed E-state index contributed by atoms with van der Waals surface area (Å²) in [6, 6.07) is 7.17. The molecule has 0 radical (unpaired) electrons. The molecule has 1 aromatic heterocycles. The minimum Gasteiger partial charge on any atom is -0.469 e. The Balaban J connectivity index is 2.03. The van der Waals surface area contributed by atoms with Crippen LogP contribution in [0.25, 0.3) is 0 Å². The summed E-state index contributed by atoms with van der Waals surface area (Å²) in [5, 5.41) is 14.4. The number of carbonyl (C=O) groups excluding carboxylic acids is 1. The van der Waals surface area contributed by atoms with Crippen LogP contribution < -0.4 is 5.43 Å². The fraction of sp³-hybridized carbons (Fsp3) is 0.0769. The molecule has 0 atom stereocenters. The molecule has 0 saturated carbocycles. The van der Waals surface area contributed by atoms with Crippen molar-refractivity contribution in [3.8, 4) is 0 Å². The summed E-state index contributed by atoms with van der Waals surface area (Å²) in [5.41, 5.74) is 3.02. The molecule has 0 aliphatic heterocycles. The Hall–Kier alpha value is -2.96. The summed E-state index contributed by atoms with van der Waals surface area (Å²) in [7, 11) is 0. The molecule has 0 bridgehead atoms. The third kappa shape index (κ3) is 3.29. The molecule has 1 N–H and O–H groups in total. The van der Waals surface area contributed by atoms with Gasteiger partial charge in [0.1, 0.15) is 5.76 Å². The highest BCUT2D eigenvalue weighted by molar-refractivity contribution is 5.95. The number of aryl methyl sites for hydroxylation is 1. The van der Waals surface area contributed by atoms with Crippen LogP contribution in [-0.2, 0) is 0 Å². The largest absolute Gasteiger partial charge is 0.469 e. The smallest absolute Gasteiger partial charge is 0.271 e. The lowest BCUT2D eigenvalue weighted by atomic mass is 10.2. The second kappa shape index (κ2) is 5.79. The summed E-state index contributed by atoms with van der Waals surface area (Å²) in [4.78, 5) is 21.8. The van der Waals surface area contributed by atoms with Crippen molar-refractivity contribution in [2.45, 2.75) is 6.92 Å². The number of nitrogens with zero attached hydrogens (tertiary/aromatic N) is 2. The van der Waals surface area contributed by atoms with E-state index in [0.29, 0.717) is 5.56 Å². The maximum atomic E-state index is 11.7. The zero-order valence-corrected chi connectivity index (χ0v) is 10.6. The van der Waals surface area contributed by atoms with E-state index >= 15 is 0 Å². The maximum absolute atomic E-state index is 11.7. The molecular formula is C13H11N3O4. The SMILES string of the molecule is Cc1cc(/C=N\NC(=O)c2cccc([N+](=O)[O-])c2)co1. The Morgan fingerprint density at radius 2 is 2.25 bits per heavy atom. The van der Waals surface area contributed by atoms with Crippen LogP contribution >= 0.6 is 0 Å². The average Bonchev–Trinajstić information content (AvgIpc) is 2.84. The lowest BCUT2D eigenvalue weighted by Gasteiger charge is -1.99. The van der Waals surface area contributed by atoms with Gasteiger partial charge in [0.2, 0.25) is 0 Å². The fourth-order valence-corrected chi connectivity index (χ4v) is 1.52. The van der Waals surface area contributed by atoms with Crippen LogP contribution in [0.1, 0.15) is 21.7 Å². The highest BCUT2D eigenvalue weighted by Gasteiger charge is 2.10. The van der Waals surface area contributed by atoms with Crippen molar-refractivity contribution in [2.24, 2.45) is 5.10 Å². The van der Waals surface area contributed by atoms with Gasteiger partial charge in [-0.1, -0.05) is 6.07 Å². The normalized spacial score (nSPS) is 10.7. The van der Waals surface area contributed by atoms with E-state index in [1.165, 1.54) is 36.7 Å². The minimum absolute atomic E-state index is 0.146. The van der Waals surface area contributed by atoms with E-state index in [2.05, 4.69) is 10.5 Å². The molecule has 0 spiro atoms. The molecule has 1 aromatic carbocycles. The predicted molar refractivity (Wildman–Crippen MR) is 71.6 cm³/mol. The first-order valence-electron chi connectivity index (χ1n) is 5.69. The van der Waals surface area contributed by atoms with E-state index in [-0.39, 0.29) is 11.3 Å². The summed E-state index contributed by atoms with van der Waals surface area (Å²) in [5.74, 6) is 0.210. The van der Waals surface area contributed by atoms with E-state index in [1.54, 1.807) is 13.0 Å². The Bertz CT molecular complexity index is 676. The maximum Gasteiger partial charge on any atom is 0.271 e. The van der Waals surface area contributed by atoms with Crippen molar-refractivity contribution in [1.82, 2.24) is 5.43 Å². The number of furan rings is 1. The van der Waals surface area contributed by atoms with Gasteiger partial charge in [-0.05, 0) is 19.1 Å². The quantitative estimate of drug-likeness (QED) is 0.524. The number of nitro benzene ring substituents is 1. The Morgan fingerprint density at radius 1 is 1.45 bits per heavy atom. The van der Waals surface area contributed by atoms with Gasteiger partial charge in [-0.2, -0.15) is 5.10 Å². The van der Waals surface area contributed by atoms with E-state index < -0.39 is 10.8 Å². The first-order chi connectivity index (χ1) is 9.56. The lowest BCUT2D eigenvalue weighted by Crippen LogP contribution is -2.17. The van der Waals surface area contributed by atoms with Crippen LogP contribution in [0.2, 0.25) is 0 Å². The molecule has 102 valence electrons. The van der Waals surface area contributed by atoms with Crippen molar-refractivity contribution in [3.05, 3.63) is 63.6 Å². The molecule has 2 aromatic rings. The Morgan fingerprint density at radius 3 is 2.90 bits per heavy atom. The van der Waals surface area contributed by atoms with Gasteiger partial charge in [0.25, 0.3) is 11.6 Å². The van der Waals surface area contributed by atoms with Crippen LogP contribution in [0.3, 0.4) is 0 Å². The monoisotopic (exact) mass is 273 g/mol. The third-order valence-electron chi connectivity index (χ3n) is 2.45. The molecular weight excluding hydrogens is 262 g/mol. The molecule has 1 amide bonds. The number of amides is 1. The van der Waals surface area contributed by atoms with Gasteiger partial charge in [0.15, 0.2) is 0 Å². The summed E-state index contributed by atoms with van der Waals surface area (Å²) < 4.78 is 5.07. The van der Waals surface area contributed by atoms with Crippen LogP contribution in [0, 0.1) is 17.0 Å². The molecule has 0 aliphatic carbocycles. The fourth-order valence-electron chi connectivity index (χ4n) is 1.52. The zero-order chi connectivity index (χ0) is 14.5. The Labute approximate surface area is 114 Å². The topological polar surface area (TPSA) is 97.7 Å². The van der Waals surface area contributed by atoms with Crippen LogP contribution in [0.4, 0.5) is 5.69 Å². The predicted octanol–water partition coefficient (Wildman–Crippen LogP) is 2.26. The van der Waals surface area contributed by atoms with Crippen LogP contribution in [0.15, 0.2) is 46.1 Å². The van der Waals surface area contributed by atoms with Gasteiger partial charge >= 0.3 is 0 Å². The molecule has 0 fully saturated rings. The molecule has 20 heavy (non-hydrogen) atoms. The second-order valence-electron chi connectivity index (χ2n) is 4.00. The van der Waals surface area contributed by atoms with Crippen molar-refractivity contribution < 1.29 is 14.1 Å². The highest BCUT2D eigenvalue weighted by atomic mass is 16.6. The number of nitro groups is 1. The highest BCUT2D eigenvalue weighted by Crippen LogP contribution is 2.12. The van der Waals surface area contributed by atoms with E-state index in [1.807, 2.05) is 0 Å². The number of rotatable bonds is 4. The van der Waals surface area contributed by atoms with Crippen molar-refractivity contribution in [3.63, 3.8) is 0 Å². The van der Waals surface area contributed by atoms with Gasteiger partial charge in [-0.3, -0.25) is 14.9 Å².